The Bertz CT molecular complexity index is 541. The van der Waals surface area contributed by atoms with Crippen molar-refractivity contribution < 1.29 is 14.7 Å². The second-order valence-electron chi connectivity index (χ2n) is 6.69. The minimum absolute atomic E-state index is 0.312. The van der Waals surface area contributed by atoms with Crippen molar-refractivity contribution in [2.24, 2.45) is 0 Å². The maximum absolute atomic E-state index is 9.40. The van der Waals surface area contributed by atoms with Gasteiger partial charge in [0.25, 0.3) is 0 Å². The summed E-state index contributed by atoms with van der Waals surface area (Å²) in [5.41, 5.74) is 1.16. The zero-order valence-electron chi connectivity index (χ0n) is 14.7. The van der Waals surface area contributed by atoms with Crippen molar-refractivity contribution in [1.82, 2.24) is 10.2 Å². The Balaban J connectivity index is 1.33. The van der Waals surface area contributed by atoms with E-state index in [1.807, 2.05) is 12.1 Å². The fraction of sp³-hybridized carbons (Fsp3) is 0.611. The molecule has 25 heavy (non-hydrogen) atoms. The third-order valence-electron chi connectivity index (χ3n) is 4.96. The number of aromatic hydroxyl groups is 1. The molecule has 6 nitrogen and oxygen atoms in total. The van der Waals surface area contributed by atoms with E-state index in [1.54, 1.807) is 17.0 Å². The van der Waals surface area contributed by atoms with E-state index in [1.165, 1.54) is 6.54 Å². The summed E-state index contributed by atoms with van der Waals surface area (Å²) in [4.78, 5) is 6.23. The molecule has 0 radical (unpaired) electrons. The largest absolute Gasteiger partial charge is 0.508 e. The first-order valence-electron chi connectivity index (χ1n) is 9.20. The number of nitrogens with one attached hydrogen (secondary N) is 2. The summed E-state index contributed by atoms with van der Waals surface area (Å²) in [6.07, 6.45) is 1.14. The Kier molecular flexibility index (Phi) is 6.72. The Hall–Kier alpha value is -1.57. The summed E-state index contributed by atoms with van der Waals surface area (Å²) < 4.78 is 5.39. The van der Waals surface area contributed by atoms with E-state index in [-0.39, 0.29) is 0 Å². The van der Waals surface area contributed by atoms with E-state index in [0.717, 1.165) is 76.2 Å². The van der Waals surface area contributed by atoms with Crippen molar-refractivity contribution in [3.8, 4) is 5.75 Å². The zero-order chi connectivity index (χ0) is 17.5. The maximum Gasteiger partial charge on any atom is 0.169 e. The number of benzene rings is 1. The molecule has 0 aliphatic carbocycles. The van der Waals surface area contributed by atoms with Crippen LogP contribution in [0, 0.1) is 0 Å². The zero-order valence-corrected chi connectivity index (χ0v) is 15.6. The molecule has 2 heterocycles. The lowest BCUT2D eigenvalue weighted by atomic mass is 10.2. The Morgan fingerprint density at radius 3 is 2.48 bits per heavy atom. The second-order valence-corrected chi connectivity index (χ2v) is 7.08. The standard InChI is InChI=1S/C18H28N4O2S/c23-17-4-2-16(3-5-17)21-8-10-22(11-9-21)18(25)19-6-1-7-20-12-14-24-15-13-20/h2-5,23H,1,6-15H2,(H,19,25)/p+1. The molecular formula is C18H29N4O2S+. The van der Waals surface area contributed by atoms with Crippen LogP contribution in [0.3, 0.4) is 0 Å². The van der Waals surface area contributed by atoms with Crippen LogP contribution in [0.25, 0.3) is 0 Å². The van der Waals surface area contributed by atoms with Gasteiger partial charge in [0, 0.05) is 44.8 Å². The van der Waals surface area contributed by atoms with Gasteiger partial charge in [0.15, 0.2) is 5.11 Å². The molecule has 138 valence electrons. The minimum Gasteiger partial charge on any atom is -0.508 e. The van der Waals surface area contributed by atoms with E-state index in [9.17, 15) is 5.11 Å². The van der Waals surface area contributed by atoms with E-state index in [0.29, 0.717) is 5.75 Å². The van der Waals surface area contributed by atoms with E-state index in [4.69, 9.17) is 17.0 Å². The van der Waals surface area contributed by atoms with Gasteiger partial charge in [-0.15, -0.1) is 0 Å². The van der Waals surface area contributed by atoms with Crippen LogP contribution in [0.2, 0.25) is 0 Å². The highest BCUT2D eigenvalue weighted by Crippen LogP contribution is 2.19. The van der Waals surface area contributed by atoms with Crippen molar-refractivity contribution >= 4 is 23.0 Å². The van der Waals surface area contributed by atoms with Gasteiger partial charge in [0.1, 0.15) is 18.8 Å². The number of hydrogen-bond donors (Lipinski definition) is 3. The molecule has 0 atom stereocenters. The van der Waals surface area contributed by atoms with Gasteiger partial charge in [0.05, 0.1) is 19.8 Å². The second kappa shape index (κ2) is 9.22. The first-order chi connectivity index (χ1) is 12.2. The lowest BCUT2D eigenvalue weighted by molar-refractivity contribution is -0.908. The van der Waals surface area contributed by atoms with E-state index < -0.39 is 0 Å². The van der Waals surface area contributed by atoms with Crippen LogP contribution in [-0.2, 0) is 4.74 Å². The Morgan fingerprint density at radius 1 is 1.12 bits per heavy atom. The number of ether oxygens (including phenoxy) is 1. The Morgan fingerprint density at radius 2 is 1.80 bits per heavy atom. The number of phenolic OH excluding ortho intramolecular Hbond substituents is 1. The molecule has 1 aromatic carbocycles. The fourth-order valence-electron chi connectivity index (χ4n) is 3.39. The lowest BCUT2D eigenvalue weighted by Crippen LogP contribution is -3.14. The molecule has 1 aromatic rings. The first kappa shape index (κ1) is 18.2. The van der Waals surface area contributed by atoms with Gasteiger partial charge < -0.3 is 29.9 Å². The van der Waals surface area contributed by atoms with Crippen LogP contribution < -0.4 is 15.1 Å². The number of thiocarbonyl (C=S) groups is 1. The predicted molar refractivity (Wildman–Crippen MR) is 103 cm³/mol. The van der Waals surface area contributed by atoms with Gasteiger partial charge in [0.2, 0.25) is 0 Å². The monoisotopic (exact) mass is 365 g/mol. The molecule has 7 heteroatoms. The van der Waals surface area contributed by atoms with Crippen LogP contribution in [0.4, 0.5) is 5.69 Å². The van der Waals surface area contributed by atoms with Crippen molar-refractivity contribution in [3.63, 3.8) is 0 Å². The van der Waals surface area contributed by atoms with Crippen LogP contribution in [0.15, 0.2) is 24.3 Å². The van der Waals surface area contributed by atoms with Gasteiger partial charge >= 0.3 is 0 Å². The average molecular weight is 366 g/mol. The van der Waals surface area contributed by atoms with Gasteiger partial charge in [-0.3, -0.25) is 0 Å². The molecule has 3 N–H and O–H groups in total. The van der Waals surface area contributed by atoms with Crippen molar-refractivity contribution in [1.29, 1.82) is 0 Å². The summed E-state index contributed by atoms with van der Waals surface area (Å²) in [7, 11) is 0. The molecule has 2 saturated heterocycles. The van der Waals surface area contributed by atoms with Crippen LogP contribution >= 0.6 is 12.2 Å². The van der Waals surface area contributed by atoms with Gasteiger partial charge in [-0.2, -0.15) is 0 Å². The van der Waals surface area contributed by atoms with Gasteiger partial charge in [-0.1, -0.05) is 0 Å². The predicted octanol–water partition coefficient (Wildman–Crippen LogP) is -0.306. The highest BCUT2D eigenvalue weighted by Gasteiger charge is 2.19. The van der Waals surface area contributed by atoms with Crippen molar-refractivity contribution in [2.45, 2.75) is 6.42 Å². The normalized spacial score (nSPS) is 19.0. The minimum atomic E-state index is 0.312. The summed E-state index contributed by atoms with van der Waals surface area (Å²) in [5.74, 6) is 0.312. The highest BCUT2D eigenvalue weighted by atomic mass is 32.1. The van der Waals surface area contributed by atoms with Gasteiger partial charge in [-0.05, 0) is 36.5 Å². The van der Waals surface area contributed by atoms with Crippen LogP contribution in [-0.4, -0.2) is 80.7 Å². The molecule has 2 fully saturated rings. The Labute approximate surface area is 155 Å². The molecule has 2 aliphatic rings. The quantitative estimate of drug-likeness (QED) is 0.492. The third kappa shape index (κ3) is 5.45. The number of morpholine rings is 1. The van der Waals surface area contributed by atoms with Crippen LogP contribution in [0.5, 0.6) is 5.75 Å². The average Bonchev–Trinajstić information content (AvgIpc) is 2.67. The summed E-state index contributed by atoms with van der Waals surface area (Å²) in [6, 6.07) is 7.42. The number of rotatable bonds is 5. The summed E-state index contributed by atoms with van der Waals surface area (Å²) in [6.45, 7) is 9.94. The molecule has 0 amide bonds. The molecule has 0 unspecified atom stereocenters. The van der Waals surface area contributed by atoms with Crippen molar-refractivity contribution in [3.05, 3.63) is 24.3 Å². The maximum atomic E-state index is 9.40. The smallest absolute Gasteiger partial charge is 0.169 e. The topological polar surface area (TPSA) is 52.4 Å². The number of anilines is 1. The van der Waals surface area contributed by atoms with Crippen LogP contribution in [0.1, 0.15) is 6.42 Å². The summed E-state index contributed by atoms with van der Waals surface area (Å²) in [5, 5.41) is 13.7. The fourth-order valence-corrected chi connectivity index (χ4v) is 3.67. The number of piperazine rings is 1. The molecule has 0 saturated carbocycles. The van der Waals surface area contributed by atoms with E-state index in [2.05, 4.69) is 15.1 Å². The first-order valence-corrected chi connectivity index (χ1v) is 9.61. The number of phenols is 1. The molecule has 2 aliphatic heterocycles. The number of nitrogens with zero attached hydrogens (tertiary/aromatic N) is 2. The van der Waals surface area contributed by atoms with Gasteiger partial charge in [-0.25, -0.2) is 0 Å². The lowest BCUT2D eigenvalue weighted by Gasteiger charge is -2.37. The molecule has 0 spiro atoms. The molecule has 0 aromatic heterocycles. The van der Waals surface area contributed by atoms with E-state index >= 15 is 0 Å². The highest BCUT2D eigenvalue weighted by molar-refractivity contribution is 7.80. The molecule has 0 bridgehead atoms. The number of hydrogen-bond acceptors (Lipinski definition) is 4. The number of quaternary nitrogens is 1. The molecule has 3 rings (SSSR count). The SMILES string of the molecule is Oc1ccc(N2CCN(C(=S)NCCC[NH+]3CCOCC3)CC2)cc1. The third-order valence-corrected chi connectivity index (χ3v) is 5.37. The summed E-state index contributed by atoms with van der Waals surface area (Å²) >= 11 is 5.55. The molecular weight excluding hydrogens is 336 g/mol. The van der Waals surface area contributed by atoms with Crippen molar-refractivity contribution in [2.75, 3.05) is 70.5 Å².